The van der Waals surface area contributed by atoms with E-state index in [2.05, 4.69) is 10.5 Å². The summed E-state index contributed by atoms with van der Waals surface area (Å²) >= 11 is 0. The molecule has 0 aliphatic carbocycles. The SMILES string of the molecule is CCc1ccc(CNCC(/C(N)=N/O)C(F)(F)F)cc1. The van der Waals surface area contributed by atoms with Crippen LogP contribution in [0.5, 0.6) is 0 Å². The molecule has 1 aromatic rings. The zero-order valence-corrected chi connectivity index (χ0v) is 11.1. The molecule has 7 heteroatoms. The molecule has 0 amide bonds. The van der Waals surface area contributed by atoms with E-state index in [1.807, 2.05) is 31.2 Å². The number of nitrogens with zero attached hydrogens (tertiary/aromatic N) is 1. The Bertz CT molecular complexity index is 443. The molecular weight excluding hydrogens is 271 g/mol. The van der Waals surface area contributed by atoms with Gasteiger partial charge in [-0.3, -0.25) is 0 Å². The third-order valence-electron chi connectivity index (χ3n) is 2.98. The van der Waals surface area contributed by atoms with Crippen molar-refractivity contribution in [3.8, 4) is 0 Å². The second-order valence-electron chi connectivity index (χ2n) is 4.42. The summed E-state index contributed by atoms with van der Waals surface area (Å²) < 4.78 is 38.0. The summed E-state index contributed by atoms with van der Waals surface area (Å²) in [5.41, 5.74) is 7.10. The Morgan fingerprint density at radius 3 is 2.30 bits per heavy atom. The highest BCUT2D eigenvalue weighted by molar-refractivity contribution is 5.83. The van der Waals surface area contributed by atoms with E-state index < -0.39 is 24.5 Å². The van der Waals surface area contributed by atoms with E-state index in [0.717, 1.165) is 12.0 Å². The molecule has 1 unspecified atom stereocenters. The van der Waals surface area contributed by atoms with Crippen LogP contribution in [0.15, 0.2) is 29.4 Å². The second-order valence-corrected chi connectivity index (χ2v) is 4.42. The molecule has 4 nitrogen and oxygen atoms in total. The van der Waals surface area contributed by atoms with E-state index in [-0.39, 0.29) is 6.54 Å². The number of hydrogen-bond acceptors (Lipinski definition) is 3. The van der Waals surface area contributed by atoms with Crippen molar-refractivity contribution in [3.05, 3.63) is 35.4 Å². The first-order chi connectivity index (χ1) is 9.38. The molecule has 4 N–H and O–H groups in total. The van der Waals surface area contributed by atoms with Gasteiger partial charge in [-0.2, -0.15) is 13.2 Å². The Balaban J connectivity index is 2.56. The smallest absolute Gasteiger partial charge is 0.400 e. The van der Waals surface area contributed by atoms with Crippen molar-refractivity contribution >= 4 is 5.84 Å². The number of oxime groups is 1. The number of rotatable bonds is 6. The summed E-state index contributed by atoms with van der Waals surface area (Å²) in [7, 11) is 0. The predicted octanol–water partition coefficient (Wildman–Crippen LogP) is 2.26. The Kier molecular flexibility index (Phi) is 5.82. The molecule has 1 aromatic carbocycles. The third kappa shape index (κ3) is 4.73. The molecular formula is C13H18F3N3O. The van der Waals surface area contributed by atoms with E-state index in [9.17, 15) is 13.2 Å². The molecule has 0 saturated heterocycles. The van der Waals surface area contributed by atoms with Crippen LogP contribution in [0.25, 0.3) is 0 Å². The third-order valence-corrected chi connectivity index (χ3v) is 2.98. The first-order valence-corrected chi connectivity index (χ1v) is 6.21. The van der Waals surface area contributed by atoms with Gasteiger partial charge in [0.05, 0.1) is 0 Å². The maximum Gasteiger partial charge on any atom is 0.400 e. The van der Waals surface area contributed by atoms with Gasteiger partial charge in [-0.25, -0.2) is 0 Å². The van der Waals surface area contributed by atoms with E-state index in [1.54, 1.807) is 0 Å². The average molecular weight is 289 g/mol. The number of benzene rings is 1. The summed E-state index contributed by atoms with van der Waals surface area (Å²) in [5.74, 6) is -2.84. The minimum atomic E-state index is -4.55. The molecule has 0 fully saturated rings. The first-order valence-electron chi connectivity index (χ1n) is 6.21. The number of amidine groups is 1. The lowest BCUT2D eigenvalue weighted by atomic mass is 10.1. The highest BCUT2D eigenvalue weighted by Crippen LogP contribution is 2.25. The van der Waals surface area contributed by atoms with E-state index in [0.29, 0.717) is 0 Å². The molecule has 0 aliphatic heterocycles. The fraction of sp³-hybridized carbons (Fsp3) is 0.462. The molecule has 1 rings (SSSR count). The summed E-state index contributed by atoms with van der Waals surface area (Å²) in [6.07, 6.45) is -3.64. The van der Waals surface area contributed by atoms with Crippen LogP contribution in [0, 0.1) is 5.92 Å². The fourth-order valence-electron chi connectivity index (χ4n) is 1.71. The Morgan fingerprint density at radius 2 is 1.85 bits per heavy atom. The highest BCUT2D eigenvalue weighted by Gasteiger charge is 2.42. The summed E-state index contributed by atoms with van der Waals surface area (Å²) in [6, 6.07) is 7.58. The minimum absolute atomic E-state index is 0.287. The van der Waals surface area contributed by atoms with Crippen LogP contribution in [0.3, 0.4) is 0 Å². The van der Waals surface area contributed by atoms with Gasteiger partial charge in [-0.15, -0.1) is 0 Å². The van der Waals surface area contributed by atoms with Gasteiger partial charge in [0, 0.05) is 13.1 Å². The number of nitrogens with two attached hydrogens (primary N) is 1. The van der Waals surface area contributed by atoms with Crippen LogP contribution in [-0.4, -0.2) is 23.8 Å². The Hall–Kier alpha value is -1.76. The zero-order chi connectivity index (χ0) is 15.2. The topological polar surface area (TPSA) is 70.6 Å². The van der Waals surface area contributed by atoms with Crippen LogP contribution in [-0.2, 0) is 13.0 Å². The fourth-order valence-corrected chi connectivity index (χ4v) is 1.71. The number of halogens is 3. The normalized spacial score (nSPS) is 14.3. The van der Waals surface area contributed by atoms with E-state index in [1.165, 1.54) is 5.56 Å². The number of aryl methyl sites for hydroxylation is 1. The van der Waals surface area contributed by atoms with Gasteiger partial charge >= 0.3 is 6.18 Å². The van der Waals surface area contributed by atoms with Crippen molar-refractivity contribution in [1.82, 2.24) is 5.32 Å². The molecule has 0 spiro atoms. The van der Waals surface area contributed by atoms with Gasteiger partial charge in [0.1, 0.15) is 5.92 Å². The molecule has 0 heterocycles. The van der Waals surface area contributed by atoms with Crippen molar-refractivity contribution in [2.75, 3.05) is 6.54 Å². The predicted molar refractivity (Wildman–Crippen MR) is 70.5 cm³/mol. The lowest BCUT2D eigenvalue weighted by molar-refractivity contribution is -0.154. The van der Waals surface area contributed by atoms with Crippen LogP contribution in [0.4, 0.5) is 13.2 Å². The second kappa shape index (κ2) is 7.14. The van der Waals surface area contributed by atoms with Crippen molar-refractivity contribution < 1.29 is 18.4 Å². The number of hydrogen-bond donors (Lipinski definition) is 3. The minimum Gasteiger partial charge on any atom is -0.409 e. The van der Waals surface area contributed by atoms with Crippen molar-refractivity contribution in [2.24, 2.45) is 16.8 Å². The lowest BCUT2D eigenvalue weighted by Gasteiger charge is -2.19. The zero-order valence-electron chi connectivity index (χ0n) is 11.1. The van der Waals surface area contributed by atoms with Gasteiger partial charge in [-0.05, 0) is 17.5 Å². The Morgan fingerprint density at radius 1 is 1.30 bits per heavy atom. The van der Waals surface area contributed by atoms with Crippen LogP contribution >= 0.6 is 0 Å². The van der Waals surface area contributed by atoms with E-state index in [4.69, 9.17) is 10.9 Å². The monoisotopic (exact) mass is 289 g/mol. The number of alkyl halides is 3. The van der Waals surface area contributed by atoms with Crippen LogP contribution in [0.1, 0.15) is 18.1 Å². The molecule has 0 aromatic heterocycles. The van der Waals surface area contributed by atoms with Crippen molar-refractivity contribution in [1.29, 1.82) is 0 Å². The number of nitrogens with one attached hydrogen (secondary N) is 1. The molecule has 1 atom stereocenters. The van der Waals surface area contributed by atoms with Gasteiger partial charge in [0.15, 0.2) is 5.84 Å². The van der Waals surface area contributed by atoms with Gasteiger partial charge < -0.3 is 16.3 Å². The van der Waals surface area contributed by atoms with Crippen LogP contribution < -0.4 is 11.1 Å². The first kappa shape index (κ1) is 16.3. The molecule has 112 valence electrons. The van der Waals surface area contributed by atoms with Crippen molar-refractivity contribution in [2.45, 2.75) is 26.1 Å². The van der Waals surface area contributed by atoms with E-state index >= 15 is 0 Å². The quantitative estimate of drug-likeness (QED) is 0.325. The highest BCUT2D eigenvalue weighted by atomic mass is 19.4. The molecule has 0 saturated carbocycles. The largest absolute Gasteiger partial charge is 0.409 e. The summed E-state index contributed by atoms with van der Waals surface area (Å²) in [4.78, 5) is 0. The maximum absolute atomic E-state index is 12.7. The summed E-state index contributed by atoms with van der Waals surface area (Å²) in [6.45, 7) is 1.88. The molecule has 20 heavy (non-hydrogen) atoms. The summed E-state index contributed by atoms with van der Waals surface area (Å²) in [5, 5.41) is 13.5. The molecule has 0 bridgehead atoms. The Labute approximate surface area is 115 Å². The molecule has 0 radical (unpaired) electrons. The van der Waals surface area contributed by atoms with Crippen molar-refractivity contribution in [3.63, 3.8) is 0 Å². The average Bonchev–Trinajstić information content (AvgIpc) is 2.42. The lowest BCUT2D eigenvalue weighted by Crippen LogP contribution is -2.42. The van der Waals surface area contributed by atoms with Crippen LogP contribution in [0.2, 0.25) is 0 Å². The van der Waals surface area contributed by atoms with Gasteiger partial charge in [0.25, 0.3) is 0 Å². The maximum atomic E-state index is 12.7. The van der Waals surface area contributed by atoms with Gasteiger partial charge in [0.2, 0.25) is 0 Å². The standard InChI is InChI=1S/C13H18F3N3O/c1-2-9-3-5-10(6-4-9)7-18-8-11(12(17)19-20)13(14,15)16/h3-6,11,18,20H,2,7-8H2,1H3,(H2,17,19). The van der Waals surface area contributed by atoms with Gasteiger partial charge in [-0.1, -0.05) is 36.3 Å². The molecule has 0 aliphatic rings.